The van der Waals surface area contributed by atoms with E-state index in [1.165, 1.54) is 33.3 Å². The minimum Gasteiger partial charge on any atom is -0.466 e. The lowest BCUT2D eigenvalue weighted by atomic mass is 9.91. The predicted octanol–water partition coefficient (Wildman–Crippen LogP) is 5.88. The second-order valence-electron chi connectivity index (χ2n) is 8.13. The summed E-state index contributed by atoms with van der Waals surface area (Å²) < 4.78 is 9.62. The van der Waals surface area contributed by atoms with Crippen molar-refractivity contribution in [1.82, 2.24) is 4.98 Å². The van der Waals surface area contributed by atoms with E-state index in [1.54, 1.807) is 7.11 Å². The van der Waals surface area contributed by atoms with Crippen LogP contribution < -0.4 is 0 Å². The van der Waals surface area contributed by atoms with Crippen molar-refractivity contribution in [2.45, 2.75) is 85.5 Å². The zero-order chi connectivity index (χ0) is 23.4. The van der Waals surface area contributed by atoms with Gasteiger partial charge in [-0.15, -0.1) is 0 Å². The molecule has 0 radical (unpaired) electrons. The van der Waals surface area contributed by atoms with E-state index in [1.807, 2.05) is 13.8 Å². The predicted molar refractivity (Wildman–Crippen MR) is 129 cm³/mol. The van der Waals surface area contributed by atoms with Crippen LogP contribution in [-0.2, 0) is 27.1 Å². The minimum atomic E-state index is -0.136. The van der Waals surface area contributed by atoms with Crippen LogP contribution in [0.5, 0.6) is 0 Å². The highest BCUT2D eigenvalue weighted by Crippen LogP contribution is 2.36. The van der Waals surface area contributed by atoms with E-state index >= 15 is 0 Å². The highest BCUT2D eigenvalue weighted by atomic mass is 16.5. The summed E-state index contributed by atoms with van der Waals surface area (Å²) in [4.78, 5) is 15.5. The van der Waals surface area contributed by atoms with E-state index in [9.17, 15) is 9.90 Å². The molecule has 1 unspecified atom stereocenters. The largest absolute Gasteiger partial charge is 0.466 e. The lowest BCUT2D eigenvalue weighted by Gasteiger charge is -2.14. The van der Waals surface area contributed by atoms with Crippen molar-refractivity contribution < 1.29 is 19.4 Å². The number of aromatic nitrogens is 1. The Morgan fingerprint density at radius 1 is 1.13 bits per heavy atom. The van der Waals surface area contributed by atoms with E-state index < -0.39 is 0 Å². The van der Waals surface area contributed by atoms with Gasteiger partial charge in [0.1, 0.15) is 0 Å². The summed E-state index contributed by atoms with van der Waals surface area (Å²) in [6.07, 6.45) is 3.86. The van der Waals surface area contributed by atoms with Crippen LogP contribution in [0.15, 0.2) is 12.1 Å². The molecule has 0 aliphatic rings. The average Bonchev–Trinajstić information content (AvgIpc) is 3.13. The molecule has 0 amide bonds. The molecule has 2 N–H and O–H groups in total. The van der Waals surface area contributed by atoms with Crippen LogP contribution in [0, 0.1) is 0 Å². The summed E-state index contributed by atoms with van der Waals surface area (Å²) in [5.41, 5.74) is 6.33. The Labute approximate surface area is 188 Å². The maximum absolute atomic E-state index is 11.8. The number of aromatic amines is 1. The van der Waals surface area contributed by atoms with Gasteiger partial charge in [0.25, 0.3) is 0 Å². The molecule has 1 aromatic heterocycles. The number of ether oxygens (including phenoxy) is 2. The normalized spacial score (nSPS) is 12.0. The van der Waals surface area contributed by atoms with Crippen LogP contribution in [0.3, 0.4) is 0 Å². The summed E-state index contributed by atoms with van der Waals surface area (Å²) in [6.45, 7) is 14.0. The van der Waals surface area contributed by atoms with Gasteiger partial charge in [0.2, 0.25) is 0 Å². The maximum Gasteiger partial charge on any atom is 0.306 e. The molecule has 5 heteroatoms. The van der Waals surface area contributed by atoms with Crippen molar-refractivity contribution in [2.75, 3.05) is 26.9 Å². The number of hydrogen-bond acceptors (Lipinski definition) is 4. The van der Waals surface area contributed by atoms with Crippen molar-refractivity contribution >= 4 is 16.9 Å². The molecule has 2 rings (SSSR count). The summed E-state index contributed by atoms with van der Waals surface area (Å²) in [6, 6.07) is 4.48. The van der Waals surface area contributed by atoms with Gasteiger partial charge in [0.15, 0.2) is 0 Å². The van der Waals surface area contributed by atoms with Gasteiger partial charge in [0.05, 0.1) is 6.61 Å². The van der Waals surface area contributed by atoms with Crippen molar-refractivity contribution in [3.05, 3.63) is 34.5 Å². The van der Waals surface area contributed by atoms with Crippen molar-refractivity contribution in [3.8, 4) is 0 Å². The first-order chi connectivity index (χ1) is 14.9. The number of carbonyl (C=O) groups excluding carboxylic acids is 1. The average molecular weight is 434 g/mol. The van der Waals surface area contributed by atoms with Crippen molar-refractivity contribution in [3.63, 3.8) is 0 Å². The number of H-pyrrole nitrogens is 1. The zero-order valence-corrected chi connectivity index (χ0v) is 20.6. The smallest absolute Gasteiger partial charge is 0.306 e. The summed E-state index contributed by atoms with van der Waals surface area (Å²) in [5, 5.41) is 10.7. The number of benzene rings is 1. The van der Waals surface area contributed by atoms with Crippen LogP contribution in [0.4, 0.5) is 0 Å². The van der Waals surface area contributed by atoms with Gasteiger partial charge in [-0.3, -0.25) is 4.79 Å². The van der Waals surface area contributed by atoms with Crippen molar-refractivity contribution in [2.24, 2.45) is 0 Å². The Hall–Kier alpha value is -1.85. The number of hydrogen-bond donors (Lipinski definition) is 2. The lowest BCUT2D eigenvalue weighted by Crippen LogP contribution is -2.05. The molecule has 0 fully saturated rings. The quantitative estimate of drug-likeness (QED) is 0.434. The van der Waals surface area contributed by atoms with E-state index in [4.69, 9.17) is 4.74 Å². The molecule has 0 aliphatic carbocycles. The first-order valence-electron chi connectivity index (χ1n) is 11.8. The molecular formula is C26H43NO4. The molecule has 0 aliphatic heterocycles. The third-order valence-corrected chi connectivity index (χ3v) is 5.70. The molecule has 0 spiro atoms. The van der Waals surface area contributed by atoms with Gasteiger partial charge in [-0.05, 0) is 68.2 Å². The molecule has 1 aromatic carbocycles. The van der Waals surface area contributed by atoms with Gasteiger partial charge < -0.3 is 19.6 Å². The molecule has 1 heterocycles. The fourth-order valence-electron chi connectivity index (χ4n) is 3.98. The van der Waals surface area contributed by atoms with E-state index in [-0.39, 0.29) is 12.6 Å². The Morgan fingerprint density at radius 2 is 1.81 bits per heavy atom. The van der Waals surface area contributed by atoms with E-state index in [2.05, 4.69) is 49.5 Å². The number of aryl methyl sites for hydroxylation is 2. The standard InChI is InChI=1S/C23H35NO3.C3H8O/c1-6-17(11-12-25)22-18(7-2)20-14-16(9-10-21(26)27-8-3)13-19(15(4)5)23(20)24-22;1-3-4-2/h13-15,17,24-25H,6-12H2,1-5H3;3H2,1-2H3. The van der Waals surface area contributed by atoms with Crippen LogP contribution in [0.1, 0.15) is 95.0 Å². The molecule has 1 atom stereocenters. The Morgan fingerprint density at radius 3 is 2.29 bits per heavy atom. The summed E-state index contributed by atoms with van der Waals surface area (Å²) in [5.74, 6) is 0.604. The Bertz CT molecular complexity index is 792. The molecular weight excluding hydrogens is 390 g/mol. The van der Waals surface area contributed by atoms with Gasteiger partial charge in [-0.2, -0.15) is 0 Å². The van der Waals surface area contributed by atoms with Gasteiger partial charge in [0, 0.05) is 49.3 Å². The number of aliphatic hydroxyl groups excluding tert-OH is 1. The summed E-state index contributed by atoms with van der Waals surface area (Å²) in [7, 11) is 1.68. The van der Waals surface area contributed by atoms with Crippen molar-refractivity contribution in [1.29, 1.82) is 0 Å². The molecule has 176 valence electrons. The maximum atomic E-state index is 11.8. The van der Waals surface area contributed by atoms with Crippen LogP contribution >= 0.6 is 0 Å². The number of rotatable bonds is 11. The number of carbonyl (C=O) groups is 1. The summed E-state index contributed by atoms with van der Waals surface area (Å²) >= 11 is 0. The molecule has 0 bridgehead atoms. The van der Waals surface area contributed by atoms with E-state index in [0.717, 1.165) is 25.9 Å². The molecule has 0 saturated heterocycles. The molecule has 2 aromatic rings. The van der Waals surface area contributed by atoms with Gasteiger partial charge in [-0.1, -0.05) is 33.8 Å². The highest BCUT2D eigenvalue weighted by Gasteiger charge is 2.21. The number of methoxy groups -OCH3 is 1. The third kappa shape index (κ3) is 7.65. The van der Waals surface area contributed by atoms with Crippen LogP contribution in [-0.4, -0.2) is 43.0 Å². The minimum absolute atomic E-state index is 0.136. The fourth-order valence-corrected chi connectivity index (χ4v) is 3.98. The number of nitrogens with one attached hydrogen (secondary N) is 1. The Balaban J connectivity index is 0.00000110. The molecule has 5 nitrogen and oxygen atoms in total. The van der Waals surface area contributed by atoms with Gasteiger partial charge in [-0.25, -0.2) is 0 Å². The monoisotopic (exact) mass is 433 g/mol. The topological polar surface area (TPSA) is 71.5 Å². The number of fused-ring (bicyclic) bond motifs is 1. The molecule has 0 saturated carbocycles. The third-order valence-electron chi connectivity index (χ3n) is 5.70. The Kier molecular flexibility index (Phi) is 12.5. The fraction of sp³-hybridized carbons (Fsp3) is 0.654. The zero-order valence-electron chi connectivity index (χ0n) is 20.6. The van der Waals surface area contributed by atoms with Gasteiger partial charge >= 0.3 is 5.97 Å². The first-order valence-corrected chi connectivity index (χ1v) is 11.8. The lowest BCUT2D eigenvalue weighted by molar-refractivity contribution is -0.143. The van der Waals surface area contributed by atoms with Crippen LogP contribution in [0.25, 0.3) is 10.9 Å². The first kappa shape index (κ1) is 27.2. The second kappa shape index (κ2) is 14.3. The number of aliphatic hydroxyl groups is 1. The van der Waals surface area contributed by atoms with E-state index in [0.29, 0.717) is 31.3 Å². The second-order valence-corrected chi connectivity index (χ2v) is 8.13. The van der Waals surface area contributed by atoms with Crippen LogP contribution in [0.2, 0.25) is 0 Å². The highest BCUT2D eigenvalue weighted by molar-refractivity contribution is 5.89. The SMILES string of the molecule is CCOC.CCOC(=O)CCc1cc(C(C)C)c2[nH]c(C(CC)CCO)c(CC)c2c1. The number of esters is 1. The molecule has 31 heavy (non-hydrogen) atoms.